The van der Waals surface area contributed by atoms with Crippen molar-refractivity contribution in [2.24, 2.45) is 5.73 Å². The van der Waals surface area contributed by atoms with Crippen LogP contribution in [0.1, 0.15) is 43.1 Å². The van der Waals surface area contributed by atoms with E-state index in [-0.39, 0.29) is 11.3 Å². The summed E-state index contributed by atoms with van der Waals surface area (Å²) in [5.41, 5.74) is 5.36. The highest BCUT2D eigenvalue weighted by molar-refractivity contribution is 6.03. The summed E-state index contributed by atoms with van der Waals surface area (Å²) in [4.78, 5) is 23.8. The molecule has 2 aromatic rings. The van der Waals surface area contributed by atoms with Gasteiger partial charge in [0.15, 0.2) is 5.69 Å². The highest BCUT2D eigenvalue weighted by Gasteiger charge is 2.13. The molecule has 0 saturated heterocycles. The van der Waals surface area contributed by atoms with Crippen molar-refractivity contribution < 1.29 is 4.79 Å². The first-order valence-electron chi connectivity index (χ1n) is 6.94. The van der Waals surface area contributed by atoms with Gasteiger partial charge in [-0.25, -0.2) is 4.68 Å². The Balaban J connectivity index is 2.42. The number of benzene rings is 1. The molecule has 0 unspecified atom stereocenters. The molecule has 0 aliphatic heterocycles. The lowest BCUT2D eigenvalue weighted by Crippen LogP contribution is -2.28. The molecule has 0 bridgehead atoms. The smallest absolute Gasteiger partial charge is 0.274 e. The number of carbonyl (C=O) groups is 1. The number of nitrogens with two attached hydrogens (primary N) is 1. The molecule has 0 radical (unpaired) electrons. The maximum absolute atomic E-state index is 12.3. The molecule has 0 atom stereocenters. The number of unbranched alkanes of at least 4 members (excludes halogenated alkanes) is 3. The summed E-state index contributed by atoms with van der Waals surface area (Å²) < 4.78 is 1.36. The minimum Gasteiger partial charge on any atom is -0.364 e. The minimum absolute atomic E-state index is 0.163. The molecule has 1 aromatic heterocycles. The van der Waals surface area contributed by atoms with Gasteiger partial charge in [-0.2, -0.15) is 5.10 Å². The van der Waals surface area contributed by atoms with E-state index in [9.17, 15) is 9.59 Å². The average Bonchev–Trinajstić information content (AvgIpc) is 2.45. The van der Waals surface area contributed by atoms with E-state index in [4.69, 9.17) is 5.73 Å². The number of hydrogen-bond donors (Lipinski definition) is 1. The maximum atomic E-state index is 12.3. The Morgan fingerprint density at radius 3 is 2.55 bits per heavy atom. The van der Waals surface area contributed by atoms with Crippen LogP contribution in [0.4, 0.5) is 0 Å². The van der Waals surface area contributed by atoms with Gasteiger partial charge in [0.2, 0.25) is 0 Å². The quantitative estimate of drug-likeness (QED) is 0.818. The molecule has 5 nitrogen and oxygen atoms in total. The van der Waals surface area contributed by atoms with Gasteiger partial charge in [-0.15, -0.1) is 0 Å². The normalized spacial score (nSPS) is 10.8. The molecule has 5 heteroatoms. The second kappa shape index (κ2) is 6.32. The van der Waals surface area contributed by atoms with Crippen molar-refractivity contribution in [1.29, 1.82) is 0 Å². The zero-order chi connectivity index (χ0) is 14.5. The lowest BCUT2D eigenvalue weighted by molar-refractivity contribution is 0.0995. The van der Waals surface area contributed by atoms with E-state index in [1.54, 1.807) is 24.3 Å². The van der Waals surface area contributed by atoms with Crippen LogP contribution < -0.4 is 11.3 Å². The lowest BCUT2D eigenvalue weighted by atomic mass is 10.1. The molecule has 0 aliphatic rings. The van der Waals surface area contributed by atoms with Crippen molar-refractivity contribution in [2.45, 2.75) is 39.2 Å². The molecule has 2 rings (SSSR count). The number of aryl methyl sites for hydroxylation is 1. The molecular formula is C15H19N3O2. The summed E-state index contributed by atoms with van der Waals surface area (Å²) in [5, 5.41) is 5.14. The monoisotopic (exact) mass is 273 g/mol. The van der Waals surface area contributed by atoms with Crippen LogP contribution in [0.2, 0.25) is 0 Å². The van der Waals surface area contributed by atoms with E-state index in [0.29, 0.717) is 17.3 Å². The molecule has 0 aliphatic carbocycles. The summed E-state index contributed by atoms with van der Waals surface area (Å²) in [6.07, 6.45) is 4.18. The molecule has 20 heavy (non-hydrogen) atoms. The minimum atomic E-state index is -0.608. The molecule has 2 N–H and O–H groups in total. The second-order valence-electron chi connectivity index (χ2n) is 4.85. The van der Waals surface area contributed by atoms with Crippen LogP contribution in [0, 0.1) is 0 Å². The van der Waals surface area contributed by atoms with E-state index >= 15 is 0 Å². The molecule has 0 fully saturated rings. The summed E-state index contributed by atoms with van der Waals surface area (Å²) in [7, 11) is 0. The number of rotatable bonds is 6. The molecule has 1 heterocycles. The van der Waals surface area contributed by atoms with E-state index in [0.717, 1.165) is 25.7 Å². The van der Waals surface area contributed by atoms with Gasteiger partial charge in [-0.3, -0.25) is 9.59 Å². The molecule has 1 amide bonds. The Morgan fingerprint density at radius 2 is 1.90 bits per heavy atom. The molecule has 0 spiro atoms. The SMILES string of the molecule is CCCCCCn1nc(C(N)=O)c2ccccc2c1=O. The van der Waals surface area contributed by atoms with Crippen molar-refractivity contribution >= 4 is 16.7 Å². The Kier molecular flexibility index (Phi) is 4.50. The Hall–Kier alpha value is -2.17. The van der Waals surface area contributed by atoms with E-state index in [2.05, 4.69) is 12.0 Å². The van der Waals surface area contributed by atoms with E-state index < -0.39 is 5.91 Å². The Morgan fingerprint density at radius 1 is 1.20 bits per heavy atom. The van der Waals surface area contributed by atoms with Crippen LogP contribution in [0.3, 0.4) is 0 Å². The summed E-state index contributed by atoms with van der Waals surface area (Å²) >= 11 is 0. The van der Waals surface area contributed by atoms with Gasteiger partial charge in [-0.05, 0) is 12.5 Å². The molecular weight excluding hydrogens is 254 g/mol. The third kappa shape index (κ3) is 2.87. The molecule has 0 saturated carbocycles. The van der Waals surface area contributed by atoms with Crippen LogP contribution in [0.5, 0.6) is 0 Å². The van der Waals surface area contributed by atoms with Crippen molar-refractivity contribution in [1.82, 2.24) is 9.78 Å². The number of amides is 1. The van der Waals surface area contributed by atoms with Gasteiger partial charge in [0.25, 0.3) is 11.5 Å². The number of aromatic nitrogens is 2. The third-order valence-corrected chi connectivity index (χ3v) is 3.32. The largest absolute Gasteiger partial charge is 0.364 e. The van der Waals surface area contributed by atoms with E-state index in [1.807, 2.05) is 0 Å². The van der Waals surface area contributed by atoms with Gasteiger partial charge in [0, 0.05) is 11.9 Å². The summed E-state index contributed by atoms with van der Waals surface area (Å²) in [6.45, 7) is 2.65. The van der Waals surface area contributed by atoms with Gasteiger partial charge in [0.1, 0.15) is 0 Å². The van der Waals surface area contributed by atoms with Gasteiger partial charge >= 0.3 is 0 Å². The van der Waals surface area contributed by atoms with Crippen LogP contribution in [0.25, 0.3) is 10.8 Å². The first kappa shape index (κ1) is 14.2. The van der Waals surface area contributed by atoms with Crippen molar-refractivity contribution in [2.75, 3.05) is 0 Å². The van der Waals surface area contributed by atoms with Crippen LogP contribution in [0.15, 0.2) is 29.1 Å². The maximum Gasteiger partial charge on any atom is 0.274 e. The zero-order valence-electron chi connectivity index (χ0n) is 11.6. The van der Waals surface area contributed by atoms with Crippen LogP contribution in [-0.2, 0) is 6.54 Å². The number of primary amides is 1. The summed E-state index contributed by atoms with van der Waals surface area (Å²) in [6, 6.07) is 6.94. The Labute approximate surface area is 117 Å². The predicted octanol–water partition coefficient (Wildman–Crippen LogP) is 2.08. The Bertz CT molecular complexity index is 676. The average molecular weight is 273 g/mol. The third-order valence-electron chi connectivity index (χ3n) is 3.32. The van der Waals surface area contributed by atoms with Gasteiger partial charge < -0.3 is 5.73 Å². The standard InChI is InChI=1S/C15H19N3O2/c1-2-3-4-7-10-18-15(20)12-9-6-5-8-11(12)13(17-18)14(16)19/h5-6,8-9H,2-4,7,10H2,1H3,(H2,16,19). The van der Waals surface area contributed by atoms with Crippen molar-refractivity contribution in [3.05, 3.63) is 40.3 Å². The number of fused-ring (bicyclic) bond motifs is 1. The van der Waals surface area contributed by atoms with Gasteiger partial charge in [-0.1, -0.05) is 44.4 Å². The number of carbonyl (C=O) groups excluding carboxylic acids is 1. The zero-order valence-corrected chi connectivity index (χ0v) is 11.6. The predicted molar refractivity (Wildman–Crippen MR) is 78.7 cm³/mol. The second-order valence-corrected chi connectivity index (χ2v) is 4.85. The fraction of sp³-hybridized carbons (Fsp3) is 0.400. The lowest BCUT2D eigenvalue weighted by Gasteiger charge is -2.09. The molecule has 1 aromatic carbocycles. The fourth-order valence-electron chi connectivity index (χ4n) is 2.26. The fourth-order valence-corrected chi connectivity index (χ4v) is 2.26. The summed E-state index contributed by atoms with van der Waals surface area (Å²) in [5.74, 6) is -0.608. The van der Waals surface area contributed by atoms with Crippen LogP contribution in [-0.4, -0.2) is 15.7 Å². The van der Waals surface area contributed by atoms with Crippen LogP contribution >= 0.6 is 0 Å². The molecule has 106 valence electrons. The topological polar surface area (TPSA) is 78.0 Å². The first-order valence-corrected chi connectivity index (χ1v) is 6.94. The highest BCUT2D eigenvalue weighted by Crippen LogP contribution is 2.13. The van der Waals surface area contributed by atoms with E-state index in [1.165, 1.54) is 4.68 Å². The van der Waals surface area contributed by atoms with Crippen molar-refractivity contribution in [3.8, 4) is 0 Å². The number of hydrogen-bond acceptors (Lipinski definition) is 3. The van der Waals surface area contributed by atoms with Gasteiger partial charge in [0.05, 0.1) is 5.39 Å². The first-order chi connectivity index (χ1) is 9.65. The highest BCUT2D eigenvalue weighted by atomic mass is 16.1. The number of nitrogens with zero attached hydrogens (tertiary/aromatic N) is 2. The van der Waals surface area contributed by atoms with Crippen molar-refractivity contribution in [3.63, 3.8) is 0 Å².